The normalized spacial score (nSPS) is 13.2. The van der Waals surface area contributed by atoms with E-state index in [-0.39, 0.29) is 5.41 Å². The molecular formula is C53H37N3S. The molecule has 3 heterocycles. The van der Waals surface area contributed by atoms with Crippen LogP contribution in [0.2, 0.25) is 0 Å². The molecule has 0 amide bonds. The monoisotopic (exact) mass is 747 g/mol. The van der Waals surface area contributed by atoms with E-state index in [1.165, 1.54) is 75.4 Å². The second-order valence-electron chi connectivity index (χ2n) is 15.8. The standard InChI is InChI=1S/C53H37N3S/c1-53(2)44-26-16-15-25-41(44)48-49-45(55(38-21-11-5-12-22-38)39-23-13-6-14-24-39)30-29-42-47-43-32-35-31-40(54(36-17-7-3-8-18-36)37-19-9-4-10-20-37)28-27-34(35)33-46(43)57-52(47)56(50(42)49)51(48)53/h3-33H,1-2H3. The quantitative estimate of drug-likeness (QED) is 0.168. The van der Waals surface area contributed by atoms with Crippen LogP contribution in [0.15, 0.2) is 188 Å². The first-order valence-corrected chi connectivity index (χ1v) is 20.5. The van der Waals surface area contributed by atoms with Crippen LogP contribution >= 0.6 is 11.3 Å². The van der Waals surface area contributed by atoms with Gasteiger partial charge in [-0.15, -0.1) is 11.3 Å². The van der Waals surface area contributed by atoms with Crippen molar-refractivity contribution in [2.24, 2.45) is 0 Å². The van der Waals surface area contributed by atoms with Crippen LogP contribution in [0.25, 0.3) is 58.5 Å². The van der Waals surface area contributed by atoms with E-state index in [0.29, 0.717) is 0 Å². The number of para-hydroxylation sites is 4. The van der Waals surface area contributed by atoms with E-state index in [1.54, 1.807) is 0 Å². The van der Waals surface area contributed by atoms with Gasteiger partial charge in [0.1, 0.15) is 4.83 Å². The Morgan fingerprint density at radius 3 is 1.68 bits per heavy atom. The van der Waals surface area contributed by atoms with Crippen LogP contribution in [0, 0.1) is 0 Å². The Labute approximate surface area is 335 Å². The van der Waals surface area contributed by atoms with E-state index in [0.717, 1.165) is 28.4 Å². The van der Waals surface area contributed by atoms with Crippen molar-refractivity contribution in [1.82, 2.24) is 4.40 Å². The number of fused-ring (bicyclic) bond motifs is 11. The first-order chi connectivity index (χ1) is 28.1. The number of anilines is 6. The molecule has 3 aromatic heterocycles. The van der Waals surface area contributed by atoms with Crippen LogP contribution in [0.5, 0.6) is 0 Å². The third-order valence-corrected chi connectivity index (χ3v) is 13.3. The number of nitrogens with zero attached hydrogens (tertiary/aromatic N) is 3. The highest BCUT2D eigenvalue weighted by atomic mass is 32.1. The van der Waals surface area contributed by atoms with Gasteiger partial charge in [0.25, 0.3) is 0 Å². The van der Waals surface area contributed by atoms with Crippen molar-refractivity contribution < 1.29 is 0 Å². The molecule has 3 nitrogen and oxygen atoms in total. The summed E-state index contributed by atoms with van der Waals surface area (Å²) in [4.78, 5) is 6.12. The molecule has 1 aliphatic rings. The average molecular weight is 748 g/mol. The molecule has 11 aromatic rings. The second-order valence-corrected chi connectivity index (χ2v) is 16.8. The number of hydrogen-bond acceptors (Lipinski definition) is 3. The fourth-order valence-electron chi connectivity index (χ4n) is 9.77. The van der Waals surface area contributed by atoms with Crippen molar-refractivity contribution in [3.05, 3.63) is 199 Å². The highest BCUT2D eigenvalue weighted by molar-refractivity contribution is 7.25. The molecule has 1 aliphatic carbocycles. The van der Waals surface area contributed by atoms with Crippen molar-refractivity contribution in [3.63, 3.8) is 0 Å². The summed E-state index contributed by atoms with van der Waals surface area (Å²) in [6.45, 7) is 4.83. The van der Waals surface area contributed by atoms with Gasteiger partial charge in [-0.3, -0.25) is 0 Å². The van der Waals surface area contributed by atoms with Crippen molar-refractivity contribution in [1.29, 1.82) is 0 Å². The van der Waals surface area contributed by atoms with Crippen LogP contribution in [-0.2, 0) is 5.41 Å². The second kappa shape index (κ2) is 12.1. The predicted molar refractivity (Wildman–Crippen MR) is 243 cm³/mol. The number of benzene rings is 8. The zero-order valence-corrected chi connectivity index (χ0v) is 32.5. The molecule has 0 bridgehead atoms. The summed E-state index contributed by atoms with van der Waals surface area (Å²) in [5.41, 5.74) is 13.5. The molecular weight excluding hydrogens is 711 g/mol. The lowest BCUT2D eigenvalue weighted by atomic mass is 9.85. The topological polar surface area (TPSA) is 10.9 Å². The summed E-state index contributed by atoms with van der Waals surface area (Å²) in [5.74, 6) is 0. The minimum atomic E-state index is -0.195. The van der Waals surface area contributed by atoms with E-state index in [1.807, 2.05) is 11.3 Å². The molecule has 12 rings (SSSR count). The van der Waals surface area contributed by atoms with Crippen LogP contribution in [-0.4, -0.2) is 4.40 Å². The van der Waals surface area contributed by atoms with Gasteiger partial charge in [-0.2, -0.15) is 0 Å². The van der Waals surface area contributed by atoms with E-state index >= 15 is 0 Å². The molecule has 0 N–H and O–H groups in total. The molecule has 8 aromatic carbocycles. The summed E-state index contributed by atoms with van der Waals surface area (Å²) in [7, 11) is 0. The van der Waals surface area contributed by atoms with Gasteiger partial charge in [0.05, 0.1) is 11.2 Å². The molecule has 0 saturated carbocycles. The number of rotatable bonds is 6. The number of hydrogen-bond donors (Lipinski definition) is 0. The van der Waals surface area contributed by atoms with Gasteiger partial charge in [-0.1, -0.05) is 123 Å². The Balaban J connectivity index is 1.16. The van der Waals surface area contributed by atoms with Gasteiger partial charge in [-0.05, 0) is 101 Å². The molecule has 0 atom stereocenters. The lowest BCUT2D eigenvalue weighted by Crippen LogP contribution is -2.17. The minimum Gasteiger partial charge on any atom is -0.310 e. The molecule has 270 valence electrons. The van der Waals surface area contributed by atoms with E-state index in [4.69, 9.17) is 0 Å². The van der Waals surface area contributed by atoms with Crippen molar-refractivity contribution in [2.45, 2.75) is 19.3 Å². The zero-order chi connectivity index (χ0) is 37.8. The molecule has 0 radical (unpaired) electrons. The van der Waals surface area contributed by atoms with Crippen LogP contribution in [0.4, 0.5) is 34.1 Å². The number of aromatic nitrogens is 1. The molecule has 57 heavy (non-hydrogen) atoms. The molecule has 0 saturated heterocycles. The van der Waals surface area contributed by atoms with Crippen molar-refractivity contribution >= 4 is 92.8 Å². The van der Waals surface area contributed by atoms with Gasteiger partial charge in [-0.25, -0.2) is 0 Å². The summed E-state index contributed by atoms with van der Waals surface area (Å²) in [6.07, 6.45) is 0. The van der Waals surface area contributed by atoms with Crippen molar-refractivity contribution in [2.75, 3.05) is 9.80 Å². The highest BCUT2D eigenvalue weighted by Gasteiger charge is 2.42. The summed E-state index contributed by atoms with van der Waals surface area (Å²) in [5, 5.41) is 7.77. The van der Waals surface area contributed by atoms with Gasteiger partial charge in [0.15, 0.2) is 0 Å². The van der Waals surface area contributed by atoms with Gasteiger partial charge >= 0.3 is 0 Å². The summed E-state index contributed by atoms with van der Waals surface area (Å²) in [6, 6.07) is 68.6. The van der Waals surface area contributed by atoms with Crippen LogP contribution in [0.1, 0.15) is 25.1 Å². The average Bonchev–Trinajstić information content (AvgIpc) is 3.96. The van der Waals surface area contributed by atoms with Gasteiger partial charge in [0.2, 0.25) is 0 Å². The lowest BCUT2D eigenvalue weighted by Gasteiger charge is -2.26. The lowest BCUT2D eigenvalue weighted by molar-refractivity contribution is 0.634. The predicted octanol–water partition coefficient (Wildman–Crippen LogP) is 15.3. The van der Waals surface area contributed by atoms with E-state index in [2.05, 4.69) is 216 Å². The van der Waals surface area contributed by atoms with Gasteiger partial charge in [0, 0.05) is 71.4 Å². The van der Waals surface area contributed by atoms with Crippen molar-refractivity contribution in [3.8, 4) is 11.1 Å². The Morgan fingerprint density at radius 2 is 1.05 bits per heavy atom. The zero-order valence-electron chi connectivity index (χ0n) is 31.6. The SMILES string of the molecule is CC1(C)c2ccccc2-c2c1n1c3sc4cc5ccc(N(c6ccccc6)c6ccccc6)cc5cc4c3c3ccc(N(c4ccccc4)c4ccccc4)c2c31. The molecule has 0 fully saturated rings. The van der Waals surface area contributed by atoms with Gasteiger partial charge < -0.3 is 14.2 Å². The molecule has 4 heteroatoms. The van der Waals surface area contributed by atoms with Crippen LogP contribution < -0.4 is 9.80 Å². The molecule has 0 unspecified atom stereocenters. The fraction of sp³-hybridized carbons (Fsp3) is 0.0566. The maximum absolute atomic E-state index is 2.65. The minimum absolute atomic E-state index is 0.195. The third-order valence-electron chi connectivity index (χ3n) is 12.2. The third kappa shape index (κ3) is 4.59. The first-order valence-electron chi connectivity index (χ1n) is 19.7. The maximum atomic E-state index is 2.65. The van der Waals surface area contributed by atoms with E-state index < -0.39 is 0 Å². The molecule has 0 aliphatic heterocycles. The summed E-state index contributed by atoms with van der Waals surface area (Å²) >= 11 is 1.93. The Hall–Kier alpha value is -6.88. The molecule has 0 spiro atoms. The maximum Gasteiger partial charge on any atom is 0.109 e. The fourth-order valence-corrected chi connectivity index (χ4v) is 11.0. The Morgan fingerprint density at radius 1 is 0.474 bits per heavy atom. The van der Waals surface area contributed by atoms with E-state index in [9.17, 15) is 0 Å². The Bertz CT molecular complexity index is 3230. The first kappa shape index (κ1) is 32.4. The summed E-state index contributed by atoms with van der Waals surface area (Å²) < 4.78 is 3.97. The Kier molecular flexibility index (Phi) is 6.85. The highest BCUT2D eigenvalue weighted by Crippen LogP contribution is 2.59. The number of thiophene rings is 1. The smallest absolute Gasteiger partial charge is 0.109 e. The largest absolute Gasteiger partial charge is 0.310 e. The van der Waals surface area contributed by atoms with Crippen LogP contribution in [0.3, 0.4) is 0 Å².